The number of hydrogen-bond acceptors (Lipinski definition) is 1. The van der Waals surface area contributed by atoms with Crippen molar-refractivity contribution in [2.24, 2.45) is 22.6 Å². The van der Waals surface area contributed by atoms with Gasteiger partial charge in [-0.05, 0) is 18.8 Å². The van der Waals surface area contributed by atoms with Crippen LogP contribution in [0.25, 0.3) is 0 Å². The van der Waals surface area contributed by atoms with Crippen molar-refractivity contribution < 1.29 is 0 Å². The van der Waals surface area contributed by atoms with Gasteiger partial charge in [0, 0.05) is 12.5 Å². The molecule has 1 aliphatic carbocycles. The normalized spacial score (nSPS) is 20.8. The van der Waals surface area contributed by atoms with Crippen LogP contribution in [-0.4, -0.2) is 12.4 Å². The van der Waals surface area contributed by atoms with Crippen LogP contribution in [0.5, 0.6) is 0 Å². The molecular formula is C10H20N2. The van der Waals surface area contributed by atoms with Gasteiger partial charge in [-0.2, -0.15) is 0 Å². The van der Waals surface area contributed by atoms with Crippen molar-refractivity contribution >= 4 is 5.84 Å². The lowest BCUT2D eigenvalue weighted by Gasteiger charge is -2.07. The van der Waals surface area contributed by atoms with Crippen molar-refractivity contribution in [3.05, 3.63) is 0 Å². The van der Waals surface area contributed by atoms with Crippen LogP contribution in [0, 0.1) is 11.8 Å². The fourth-order valence-electron chi connectivity index (χ4n) is 1.61. The van der Waals surface area contributed by atoms with E-state index in [0.717, 1.165) is 18.3 Å². The second kappa shape index (κ2) is 4.48. The van der Waals surface area contributed by atoms with E-state index in [4.69, 9.17) is 5.73 Å². The van der Waals surface area contributed by atoms with Crippen LogP contribution >= 0.6 is 0 Å². The quantitative estimate of drug-likeness (QED) is 0.509. The van der Waals surface area contributed by atoms with Gasteiger partial charge in [0.2, 0.25) is 0 Å². The monoisotopic (exact) mass is 168 g/mol. The third-order valence-electron chi connectivity index (χ3n) is 2.60. The minimum absolute atomic E-state index is 0.409. The molecule has 0 aromatic heterocycles. The van der Waals surface area contributed by atoms with Crippen LogP contribution in [0.15, 0.2) is 4.99 Å². The molecule has 70 valence electrons. The molecule has 2 N–H and O–H groups in total. The van der Waals surface area contributed by atoms with Crippen molar-refractivity contribution in [3.8, 4) is 0 Å². The lowest BCUT2D eigenvalue weighted by atomic mass is 10.1. The van der Waals surface area contributed by atoms with E-state index < -0.39 is 0 Å². The summed E-state index contributed by atoms with van der Waals surface area (Å²) in [6.07, 6.45) is 5.49. The summed E-state index contributed by atoms with van der Waals surface area (Å²) in [5.74, 6) is 2.05. The first-order chi connectivity index (χ1) is 5.70. The second-order valence-electron chi connectivity index (χ2n) is 4.07. The number of amidine groups is 1. The molecule has 0 aliphatic heterocycles. The van der Waals surface area contributed by atoms with Gasteiger partial charge in [-0.3, -0.25) is 4.99 Å². The second-order valence-corrected chi connectivity index (χ2v) is 4.07. The first-order valence-corrected chi connectivity index (χ1v) is 5.00. The van der Waals surface area contributed by atoms with Gasteiger partial charge in [0.25, 0.3) is 0 Å². The molecule has 0 spiro atoms. The van der Waals surface area contributed by atoms with Crippen LogP contribution in [0.2, 0.25) is 0 Å². The predicted octanol–water partition coefficient (Wildman–Crippen LogP) is 2.19. The summed E-state index contributed by atoms with van der Waals surface area (Å²) >= 11 is 0. The Balaban J connectivity index is 2.26. The number of rotatable bonds is 3. The average molecular weight is 168 g/mol. The molecule has 1 aliphatic rings. The van der Waals surface area contributed by atoms with E-state index >= 15 is 0 Å². The predicted molar refractivity (Wildman–Crippen MR) is 53.3 cm³/mol. The van der Waals surface area contributed by atoms with Crippen molar-refractivity contribution in [1.29, 1.82) is 0 Å². The highest BCUT2D eigenvalue weighted by Gasteiger charge is 2.14. The number of aliphatic imine (C=N–C) groups is 1. The molecule has 1 saturated carbocycles. The largest absolute Gasteiger partial charge is 0.387 e. The Hall–Kier alpha value is -0.530. The van der Waals surface area contributed by atoms with E-state index in [-0.39, 0.29) is 0 Å². The van der Waals surface area contributed by atoms with Gasteiger partial charge in [0.1, 0.15) is 0 Å². The number of hydrogen-bond donors (Lipinski definition) is 1. The summed E-state index contributed by atoms with van der Waals surface area (Å²) in [4.78, 5) is 4.40. The lowest BCUT2D eigenvalue weighted by Crippen LogP contribution is -2.20. The van der Waals surface area contributed by atoms with Crippen LogP contribution < -0.4 is 5.73 Å². The molecule has 0 amide bonds. The van der Waals surface area contributed by atoms with Gasteiger partial charge in [0.05, 0.1) is 5.84 Å². The van der Waals surface area contributed by atoms with E-state index in [1.54, 1.807) is 0 Å². The van der Waals surface area contributed by atoms with E-state index in [0.29, 0.717) is 5.92 Å². The Labute approximate surface area is 75.3 Å². The third-order valence-corrected chi connectivity index (χ3v) is 2.60. The summed E-state index contributed by atoms with van der Waals surface area (Å²) in [6, 6.07) is 0. The highest BCUT2D eigenvalue weighted by molar-refractivity contribution is 5.82. The van der Waals surface area contributed by atoms with Gasteiger partial charge in [-0.15, -0.1) is 0 Å². The summed E-state index contributed by atoms with van der Waals surface area (Å²) in [7, 11) is 0. The Kier molecular flexibility index (Phi) is 3.57. The van der Waals surface area contributed by atoms with Gasteiger partial charge in [0.15, 0.2) is 0 Å². The average Bonchev–Trinajstić information content (AvgIpc) is 2.51. The number of nitrogens with two attached hydrogens (primary N) is 1. The molecule has 1 fully saturated rings. The molecule has 0 aromatic rings. The standard InChI is InChI=1S/C10H20N2/c1-8(2)10(11)12-7-9-5-3-4-6-9/h8-9H,3-7H2,1-2H3,(H2,11,12). The van der Waals surface area contributed by atoms with Gasteiger partial charge >= 0.3 is 0 Å². The Bertz CT molecular complexity index is 155. The smallest absolute Gasteiger partial charge is 0.0962 e. The zero-order valence-electron chi connectivity index (χ0n) is 8.21. The first-order valence-electron chi connectivity index (χ1n) is 5.00. The van der Waals surface area contributed by atoms with Crippen molar-refractivity contribution in [2.75, 3.05) is 6.54 Å². The molecular weight excluding hydrogens is 148 g/mol. The van der Waals surface area contributed by atoms with E-state index in [9.17, 15) is 0 Å². The summed E-state index contributed by atoms with van der Waals surface area (Å²) < 4.78 is 0. The highest BCUT2D eigenvalue weighted by Crippen LogP contribution is 2.24. The molecule has 0 aromatic carbocycles. The maximum Gasteiger partial charge on any atom is 0.0962 e. The van der Waals surface area contributed by atoms with Crippen molar-refractivity contribution in [1.82, 2.24) is 0 Å². The first kappa shape index (κ1) is 9.56. The summed E-state index contributed by atoms with van der Waals surface area (Å²) in [5, 5.41) is 0. The minimum Gasteiger partial charge on any atom is -0.387 e. The molecule has 0 heterocycles. The van der Waals surface area contributed by atoms with Gasteiger partial charge in [-0.1, -0.05) is 26.7 Å². The summed E-state index contributed by atoms with van der Waals surface area (Å²) in [5.41, 5.74) is 5.74. The lowest BCUT2D eigenvalue weighted by molar-refractivity contribution is 0.561. The maximum absolute atomic E-state index is 5.74. The van der Waals surface area contributed by atoms with Crippen LogP contribution in [0.1, 0.15) is 39.5 Å². The fraction of sp³-hybridized carbons (Fsp3) is 0.900. The van der Waals surface area contributed by atoms with Crippen LogP contribution in [0.3, 0.4) is 0 Å². The van der Waals surface area contributed by atoms with E-state index in [1.807, 2.05) is 0 Å². The Morgan fingerprint density at radius 1 is 1.42 bits per heavy atom. The topological polar surface area (TPSA) is 38.4 Å². The molecule has 0 bridgehead atoms. The molecule has 0 unspecified atom stereocenters. The minimum atomic E-state index is 0.409. The van der Waals surface area contributed by atoms with Crippen LogP contribution in [-0.2, 0) is 0 Å². The van der Waals surface area contributed by atoms with Crippen molar-refractivity contribution in [2.45, 2.75) is 39.5 Å². The zero-order chi connectivity index (χ0) is 8.97. The SMILES string of the molecule is CC(C)C(N)=NCC1CCCC1. The molecule has 2 nitrogen and oxygen atoms in total. The molecule has 0 saturated heterocycles. The molecule has 0 radical (unpaired) electrons. The van der Waals surface area contributed by atoms with Gasteiger partial charge in [-0.25, -0.2) is 0 Å². The zero-order valence-corrected chi connectivity index (χ0v) is 8.21. The fourth-order valence-corrected chi connectivity index (χ4v) is 1.61. The molecule has 12 heavy (non-hydrogen) atoms. The summed E-state index contributed by atoms with van der Waals surface area (Å²) in [6.45, 7) is 5.14. The third kappa shape index (κ3) is 2.84. The maximum atomic E-state index is 5.74. The van der Waals surface area contributed by atoms with E-state index in [2.05, 4.69) is 18.8 Å². The van der Waals surface area contributed by atoms with Crippen LogP contribution in [0.4, 0.5) is 0 Å². The number of nitrogens with zero attached hydrogens (tertiary/aromatic N) is 1. The molecule has 0 atom stereocenters. The molecule has 2 heteroatoms. The molecule has 1 rings (SSSR count). The Morgan fingerprint density at radius 3 is 2.50 bits per heavy atom. The Morgan fingerprint density at radius 2 is 2.00 bits per heavy atom. The van der Waals surface area contributed by atoms with Crippen molar-refractivity contribution in [3.63, 3.8) is 0 Å². The highest BCUT2D eigenvalue weighted by atomic mass is 14.9. The van der Waals surface area contributed by atoms with E-state index in [1.165, 1.54) is 25.7 Å². The van der Waals surface area contributed by atoms with Gasteiger partial charge < -0.3 is 5.73 Å².